The molecule has 0 fully saturated rings. The number of hydrogen-bond donors (Lipinski definition) is 2. The lowest BCUT2D eigenvalue weighted by Crippen LogP contribution is -2.13. The van der Waals surface area contributed by atoms with Crippen LogP contribution < -0.4 is 10.1 Å². The number of hydrogen-bond acceptors (Lipinski definition) is 4. The summed E-state index contributed by atoms with van der Waals surface area (Å²) in [6, 6.07) is 15.0. The quantitative estimate of drug-likeness (QED) is 0.685. The van der Waals surface area contributed by atoms with Crippen molar-refractivity contribution in [1.82, 2.24) is 15.4 Å². The Balaban J connectivity index is 1.48. The van der Waals surface area contributed by atoms with Crippen LogP contribution >= 0.6 is 0 Å². The van der Waals surface area contributed by atoms with Crippen molar-refractivity contribution in [3.63, 3.8) is 0 Å². The second-order valence-electron chi connectivity index (χ2n) is 4.81. The van der Waals surface area contributed by atoms with Gasteiger partial charge in [0.25, 0.3) is 0 Å². The van der Waals surface area contributed by atoms with E-state index in [-0.39, 0.29) is 5.91 Å². The highest BCUT2D eigenvalue weighted by molar-refractivity contribution is 5.99. The Morgan fingerprint density at radius 1 is 1.09 bits per heavy atom. The minimum absolute atomic E-state index is 0.0628. The normalized spacial score (nSPS) is 10.5. The van der Waals surface area contributed by atoms with Crippen LogP contribution in [-0.4, -0.2) is 27.9 Å². The van der Waals surface area contributed by atoms with Gasteiger partial charge in [-0.15, -0.1) is 0 Å². The lowest BCUT2D eigenvalue weighted by atomic mass is 10.2. The predicted molar refractivity (Wildman–Crippen MR) is 83.7 cm³/mol. The molecule has 0 unspecified atom stereocenters. The van der Waals surface area contributed by atoms with Gasteiger partial charge in [-0.3, -0.25) is 4.79 Å². The molecule has 3 rings (SSSR count). The van der Waals surface area contributed by atoms with Gasteiger partial charge in [0.2, 0.25) is 5.91 Å². The summed E-state index contributed by atoms with van der Waals surface area (Å²) in [5.74, 6) is 0.752. The molecule has 0 aliphatic rings. The van der Waals surface area contributed by atoms with E-state index < -0.39 is 0 Å². The number of carbonyl (C=O) groups is 1. The zero-order valence-corrected chi connectivity index (χ0v) is 12.0. The average molecular weight is 296 g/mol. The Labute approximate surface area is 127 Å². The van der Waals surface area contributed by atoms with Gasteiger partial charge in [0.05, 0.1) is 12.3 Å². The zero-order chi connectivity index (χ0) is 15.2. The van der Waals surface area contributed by atoms with Crippen molar-refractivity contribution in [2.24, 2.45) is 0 Å². The molecule has 0 saturated carbocycles. The third kappa shape index (κ3) is 3.41. The SMILES string of the molecule is O=C(CCCOc1ccccc1)Nc1cccc2n[nH]nc12. The van der Waals surface area contributed by atoms with Gasteiger partial charge in [-0.25, -0.2) is 0 Å². The molecule has 22 heavy (non-hydrogen) atoms. The molecule has 0 radical (unpaired) electrons. The summed E-state index contributed by atoms with van der Waals surface area (Å²) in [5, 5.41) is 13.4. The van der Waals surface area contributed by atoms with Gasteiger partial charge < -0.3 is 10.1 Å². The molecule has 1 heterocycles. The number of para-hydroxylation sites is 2. The highest BCUT2D eigenvalue weighted by Crippen LogP contribution is 2.19. The molecule has 1 aromatic heterocycles. The molecule has 0 spiro atoms. The Kier molecular flexibility index (Phi) is 4.29. The van der Waals surface area contributed by atoms with E-state index in [1.165, 1.54) is 0 Å². The van der Waals surface area contributed by atoms with Gasteiger partial charge in [0, 0.05) is 6.42 Å². The van der Waals surface area contributed by atoms with Crippen LogP contribution in [0.2, 0.25) is 0 Å². The number of amides is 1. The number of nitrogens with zero attached hydrogens (tertiary/aromatic N) is 2. The second kappa shape index (κ2) is 6.71. The molecule has 112 valence electrons. The summed E-state index contributed by atoms with van der Waals surface area (Å²) < 4.78 is 5.56. The van der Waals surface area contributed by atoms with E-state index in [2.05, 4.69) is 20.7 Å². The number of carbonyl (C=O) groups excluding carboxylic acids is 1. The summed E-state index contributed by atoms with van der Waals surface area (Å²) in [6.07, 6.45) is 1.04. The maximum atomic E-state index is 12.0. The maximum absolute atomic E-state index is 12.0. The van der Waals surface area contributed by atoms with Gasteiger partial charge >= 0.3 is 0 Å². The van der Waals surface area contributed by atoms with E-state index in [0.29, 0.717) is 30.7 Å². The first-order valence-corrected chi connectivity index (χ1v) is 7.10. The summed E-state index contributed by atoms with van der Waals surface area (Å²) in [4.78, 5) is 12.0. The van der Waals surface area contributed by atoms with Crippen molar-refractivity contribution < 1.29 is 9.53 Å². The van der Waals surface area contributed by atoms with Gasteiger partial charge in [0.1, 0.15) is 16.8 Å². The number of H-pyrrole nitrogens is 1. The molecule has 0 bridgehead atoms. The fraction of sp³-hybridized carbons (Fsp3) is 0.188. The molecular formula is C16H16N4O2. The predicted octanol–water partition coefficient (Wildman–Crippen LogP) is 2.76. The lowest BCUT2D eigenvalue weighted by molar-refractivity contribution is -0.116. The topological polar surface area (TPSA) is 79.9 Å². The first-order valence-electron chi connectivity index (χ1n) is 7.10. The number of rotatable bonds is 6. The van der Waals surface area contributed by atoms with Crippen molar-refractivity contribution in [2.75, 3.05) is 11.9 Å². The fourth-order valence-electron chi connectivity index (χ4n) is 2.12. The molecule has 0 aliphatic carbocycles. The molecular weight excluding hydrogens is 280 g/mol. The van der Waals surface area contributed by atoms with Crippen LogP contribution in [0.4, 0.5) is 5.69 Å². The Hall–Kier alpha value is -2.89. The van der Waals surface area contributed by atoms with Crippen LogP contribution in [0.3, 0.4) is 0 Å². The van der Waals surface area contributed by atoms with Crippen LogP contribution in [-0.2, 0) is 4.79 Å². The maximum Gasteiger partial charge on any atom is 0.224 e. The lowest BCUT2D eigenvalue weighted by Gasteiger charge is -2.07. The Morgan fingerprint density at radius 3 is 2.82 bits per heavy atom. The largest absolute Gasteiger partial charge is 0.494 e. The third-order valence-electron chi connectivity index (χ3n) is 3.18. The summed E-state index contributed by atoms with van der Waals surface area (Å²) in [7, 11) is 0. The first kappa shape index (κ1) is 14.1. The molecule has 2 aromatic carbocycles. The first-order chi connectivity index (χ1) is 10.8. The number of aromatic nitrogens is 3. The summed E-state index contributed by atoms with van der Waals surface area (Å²) in [6.45, 7) is 0.506. The Morgan fingerprint density at radius 2 is 1.95 bits per heavy atom. The molecule has 3 aromatic rings. The smallest absolute Gasteiger partial charge is 0.224 e. The third-order valence-corrected chi connectivity index (χ3v) is 3.18. The number of fused-ring (bicyclic) bond motifs is 1. The van der Waals surface area contributed by atoms with E-state index in [1.807, 2.05) is 48.5 Å². The number of benzene rings is 2. The standard InChI is InChI=1S/C16H16N4O2/c21-15(10-5-11-22-12-6-2-1-3-7-12)17-13-8-4-9-14-16(13)19-20-18-14/h1-4,6-9H,5,10-11H2,(H,17,21)(H,18,19,20). The van der Waals surface area contributed by atoms with Crippen LogP contribution in [0.1, 0.15) is 12.8 Å². The van der Waals surface area contributed by atoms with Crippen LogP contribution in [0.15, 0.2) is 48.5 Å². The van der Waals surface area contributed by atoms with Gasteiger partial charge in [-0.2, -0.15) is 15.4 Å². The molecule has 2 N–H and O–H groups in total. The number of anilines is 1. The number of nitrogens with one attached hydrogen (secondary N) is 2. The highest BCUT2D eigenvalue weighted by Gasteiger charge is 2.08. The molecule has 0 atom stereocenters. The minimum Gasteiger partial charge on any atom is -0.494 e. The van der Waals surface area contributed by atoms with Crippen molar-refractivity contribution in [2.45, 2.75) is 12.8 Å². The zero-order valence-electron chi connectivity index (χ0n) is 12.0. The van der Waals surface area contributed by atoms with Gasteiger partial charge in [-0.1, -0.05) is 24.3 Å². The monoisotopic (exact) mass is 296 g/mol. The summed E-state index contributed by atoms with van der Waals surface area (Å²) in [5.41, 5.74) is 2.06. The number of ether oxygens (including phenoxy) is 1. The van der Waals surface area contributed by atoms with E-state index in [1.54, 1.807) is 0 Å². The van der Waals surface area contributed by atoms with Crippen LogP contribution in [0.5, 0.6) is 5.75 Å². The second-order valence-corrected chi connectivity index (χ2v) is 4.81. The van der Waals surface area contributed by atoms with E-state index >= 15 is 0 Å². The van der Waals surface area contributed by atoms with Crippen molar-refractivity contribution >= 4 is 22.6 Å². The average Bonchev–Trinajstić information content (AvgIpc) is 3.02. The molecule has 6 nitrogen and oxygen atoms in total. The fourth-order valence-corrected chi connectivity index (χ4v) is 2.12. The van der Waals surface area contributed by atoms with E-state index in [9.17, 15) is 4.79 Å². The summed E-state index contributed by atoms with van der Waals surface area (Å²) >= 11 is 0. The van der Waals surface area contributed by atoms with Crippen LogP contribution in [0, 0.1) is 0 Å². The van der Waals surface area contributed by atoms with E-state index in [4.69, 9.17) is 4.74 Å². The van der Waals surface area contributed by atoms with Crippen LogP contribution in [0.25, 0.3) is 11.0 Å². The molecule has 0 aliphatic heterocycles. The molecule has 6 heteroatoms. The van der Waals surface area contributed by atoms with E-state index in [0.717, 1.165) is 11.3 Å². The van der Waals surface area contributed by atoms with Gasteiger partial charge in [-0.05, 0) is 30.7 Å². The molecule has 0 saturated heterocycles. The van der Waals surface area contributed by atoms with Crippen molar-refractivity contribution in [1.29, 1.82) is 0 Å². The number of aromatic amines is 1. The highest BCUT2D eigenvalue weighted by atomic mass is 16.5. The van der Waals surface area contributed by atoms with Crippen molar-refractivity contribution in [3.05, 3.63) is 48.5 Å². The van der Waals surface area contributed by atoms with Gasteiger partial charge in [0.15, 0.2) is 0 Å². The minimum atomic E-state index is -0.0628. The molecule has 1 amide bonds. The Bertz CT molecular complexity index is 755. The van der Waals surface area contributed by atoms with Crippen molar-refractivity contribution in [3.8, 4) is 5.75 Å².